The second-order valence-corrected chi connectivity index (χ2v) is 4.96. The number of rotatable bonds is 7. The summed E-state index contributed by atoms with van der Waals surface area (Å²) >= 11 is 0. The smallest absolute Gasteiger partial charge is 0.253 e. The Kier molecular flexibility index (Phi) is 6.36. The predicted octanol–water partition coefficient (Wildman–Crippen LogP) is 1.99. The number of carbonyl (C=O) groups is 1. The van der Waals surface area contributed by atoms with Crippen molar-refractivity contribution in [2.75, 3.05) is 39.2 Å². The van der Waals surface area contributed by atoms with Crippen LogP contribution in [0.5, 0.6) is 0 Å². The van der Waals surface area contributed by atoms with E-state index in [9.17, 15) is 4.79 Å². The van der Waals surface area contributed by atoms with Crippen molar-refractivity contribution in [1.82, 2.24) is 4.90 Å². The average Bonchev–Trinajstić information content (AvgIpc) is 2.42. The van der Waals surface area contributed by atoms with E-state index in [-0.39, 0.29) is 12.5 Å². The first-order chi connectivity index (χ1) is 9.06. The lowest BCUT2D eigenvalue weighted by Crippen LogP contribution is -2.28. The van der Waals surface area contributed by atoms with E-state index in [1.54, 1.807) is 4.90 Å². The molecule has 0 unspecified atom stereocenters. The van der Waals surface area contributed by atoms with Crippen molar-refractivity contribution in [2.45, 2.75) is 19.3 Å². The van der Waals surface area contributed by atoms with E-state index >= 15 is 0 Å². The Morgan fingerprint density at radius 1 is 1.16 bits per heavy atom. The van der Waals surface area contributed by atoms with Crippen LogP contribution in [0.15, 0.2) is 24.3 Å². The number of nitrogens with zero attached hydrogens (tertiary/aromatic N) is 2. The summed E-state index contributed by atoms with van der Waals surface area (Å²) < 4.78 is 0. The summed E-state index contributed by atoms with van der Waals surface area (Å²) in [7, 11) is 5.74. The maximum atomic E-state index is 12.2. The van der Waals surface area contributed by atoms with Gasteiger partial charge >= 0.3 is 0 Å². The molecule has 1 aromatic carbocycles. The zero-order valence-corrected chi connectivity index (χ0v) is 12.1. The molecule has 0 bridgehead atoms. The minimum absolute atomic E-state index is 0.0488. The van der Waals surface area contributed by atoms with Gasteiger partial charge in [-0.2, -0.15) is 0 Å². The van der Waals surface area contributed by atoms with E-state index in [2.05, 4.69) is 0 Å². The fraction of sp³-hybridized carbons (Fsp3) is 0.533. The Morgan fingerprint density at radius 2 is 1.89 bits per heavy atom. The third-order valence-corrected chi connectivity index (χ3v) is 3.11. The Morgan fingerprint density at radius 3 is 2.53 bits per heavy atom. The molecule has 0 aliphatic heterocycles. The van der Waals surface area contributed by atoms with Gasteiger partial charge < -0.3 is 14.9 Å². The highest BCUT2D eigenvalue weighted by Crippen LogP contribution is 2.15. The van der Waals surface area contributed by atoms with Gasteiger partial charge in [0.25, 0.3) is 5.91 Å². The largest absolute Gasteiger partial charge is 0.396 e. The lowest BCUT2D eigenvalue weighted by atomic mass is 10.1. The molecule has 0 aromatic heterocycles. The summed E-state index contributed by atoms with van der Waals surface area (Å²) in [5, 5.41) is 8.72. The maximum absolute atomic E-state index is 12.2. The normalized spacial score (nSPS) is 10.3. The highest BCUT2D eigenvalue weighted by atomic mass is 16.2. The summed E-state index contributed by atoms with van der Waals surface area (Å²) in [6.45, 7) is 0.952. The third kappa shape index (κ3) is 4.91. The van der Waals surface area contributed by atoms with E-state index in [0.29, 0.717) is 0 Å². The third-order valence-electron chi connectivity index (χ3n) is 3.11. The minimum atomic E-state index is 0.0488. The Hall–Kier alpha value is -1.55. The molecule has 4 heteroatoms. The molecule has 0 fully saturated rings. The molecule has 106 valence electrons. The molecule has 1 rings (SSSR count). The first-order valence-electron chi connectivity index (χ1n) is 6.70. The fourth-order valence-corrected chi connectivity index (χ4v) is 1.88. The molecule has 0 heterocycles. The van der Waals surface area contributed by atoms with Gasteiger partial charge in [-0.15, -0.1) is 0 Å². The fourth-order valence-electron chi connectivity index (χ4n) is 1.88. The zero-order valence-electron chi connectivity index (χ0n) is 12.1. The molecule has 19 heavy (non-hydrogen) atoms. The van der Waals surface area contributed by atoms with Crippen LogP contribution in [0.25, 0.3) is 0 Å². The highest BCUT2D eigenvalue weighted by Gasteiger charge is 2.11. The van der Waals surface area contributed by atoms with Crippen molar-refractivity contribution < 1.29 is 9.90 Å². The molecule has 1 aromatic rings. The van der Waals surface area contributed by atoms with Gasteiger partial charge in [-0.25, -0.2) is 0 Å². The lowest BCUT2D eigenvalue weighted by molar-refractivity contribution is 0.0792. The number of anilines is 1. The summed E-state index contributed by atoms with van der Waals surface area (Å²) in [6, 6.07) is 7.65. The molecule has 0 radical (unpaired) electrons. The second kappa shape index (κ2) is 7.79. The zero-order chi connectivity index (χ0) is 14.3. The number of unbranched alkanes of at least 4 members (excludes halogenated alkanes) is 2. The standard InChI is InChI=1S/C15H24N2O2/c1-16(2)14-9-7-8-13(12-14)15(19)17(3)10-5-4-6-11-18/h7-9,12,18H,4-6,10-11H2,1-3H3. The molecule has 4 nitrogen and oxygen atoms in total. The topological polar surface area (TPSA) is 43.8 Å². The summed E-state index contributed by atoms with van der Waals surface area (Å²) in [5.41, 5.74) is 1.75. The number of aliphatic hydroxyl groups excluding tert-OH is 1. The van der Waals surface area contributed by atoms with Crippen LogP contribution < -0.4 is 4.90 Å². The minimum Gasteiger partial charge on any atom is -0.396 e. The molecular formula is C15H24N2O2. The van der Waals surface area contributed by atoms with Crippen LogP contribution in [0, 0.1) is 0 Å². The molecule has 0 aliphatic rings. The van der Waals surface area contributed by atoms with Crippen molar-refractivity contribution in [3.8, 4) is 0 Å². The van der Waals surface area contributed by atoms with Gasteiger partial charge in [0.15, 0.2) is 0 Å². The lowest BCUT2D eigenvalue weighted by Gasteiger charge is -2.19. The van der Waals surface area contributed by atoms with E-state index in [4.69, 9.17) is 5.11 Å². The van der Waals surface area contributed by atoms with Crippen LogP contribution in [0.3, 0.4) is 0 Å². The Labute approximate surface area is 115 Å². The van der Waals surface area contributed by atoms with Crippen molar-refractivity contribution in [3.05, 3.63) is 29.8 Å². The molecule has 0 saturated heterocycles. The van der Waals surface area contributed by atoms with Gasteiger partial charge in [0.2, 0.25) is 0 Å². The first kappa shape index (κ1) is 15.5. The number of carbonyl (C=O) groups excluding carboxylic acids is 1. The van der Waals surface area contributed by atoms with Gasteiger partial charge in [-0.1, -0.05) is 6.07 Å². The van der Waals surface area contributed by atoms with Gasteiger partial charge in [-0.05, 0) is 37.5 Å². The number of benzene rings is 1. The van der Waals surface area contributed by atoms with Crippen molar-refractivity contribution >= 4 is 11.6 Å². The highest BCUT2D eigenvalue weighted by molar-refractivity contribution is 5.95. The van der Waals surface area contributed by atoms with Crippen LogP contribution in [-0.2, 0) is 0 Å². The average molecular weight is 264 g/mol. The van der Waals surface area contributed by atoms with Gasteiger partial charge in [0.05, 0.1) is 0 Å². The Bertz CT molecular complexity index is 405. The summed E-state index contributed by atoms with van der Waals surface area (Å²) in [6.07, 6.45) is 2.68. The SMILES string of the molecule is CN(CCCCCO)C(=O)c1cccc(N(C)C)c1. The number of amides is 1. The van der Waals surface area contributed by atoms with Crippen LogP contribution in [0.2, 0.25) is 0 Å². The van der Waals surface area contributed by atoms with Crippen LogP contribution in [0.4, 0.5) is 5.69 Å². The van der Waals surface area contributed by atoms with Gasteiger partial charge in [0, 0.05) is 45.5 Å². The maximum Gasteiger partial charge on any atom is 0.253 e. The van der Waals surface area contributed by atoms with E-state index in [1.165, 1.54) is 0 Å². The molecular weight excluding hydrogens is 240 g/mol. The second-order valence-electron chi connectivity index (χ2n) is 4.96. The van der Waals surface area contributed by atoms with Crippen LogP contribution in [-0.4, -0.2) is 50.2 Å². The summed E-state index contributed by atoms with van der Waals surface area (Å²) in [4.78, 5) is 16.0. The molecule has 0 saturated carbocycles. The van der Waals surface area contributed by atoms with E-state index < -0.39 is 0 Å². The van der Waals surface area contributed by atoms with E-state index in [0.717, 1.165) is 37.1 Å². The van der Waals surface area contributed by atoms with Crippen LogP contribution >= 0.6 is 0 Å². The predicted molar refractivity (Wildman–Crippen MR) is 78.7 cm³/mol. The first-order valence-corrected chi connectivity index (χ1v) is 6.70. The van der Waals surface area contributed by atoms with Gasteiger partial charge in [-0.3, -0.25) is 4.79 Å². The van der Waals surface area contributed by atoms with Crippen molar-refractivity contribution in [2.24, 2.45) is 0 Å². The number of hydrogen-bond acceptors (Lipinski definition) is 3. The number of hydrogen-bond donors (Lipinski definition) is 1. The Balaban J connectivity index is 2.58. The molecule has 0 spiro atoms. The molecule has 0 atom stereocenters. The molecule has 0 aliphatic carbocycles. The molecule has 1 N–H and O–H groups in total. The van der Waals surface area contributed by atoms with Crippen molar-refractivity contribution in [1.29, 1.82) is 0 Å². The van der Waals surface area contributed by atoms with Gasteiger partial charge in [0.1, 0.15) is 0 Å². The summed E-state index contributed by atoms with van der Waals surface area (Å²) in [5.74, 6) is 0.0488. The van der Waals surface area contributed by atoms with Crippen molar-refractivity contribution in [3.63, 3.8) is 0 Å². The van der Waals surface area contributed by atoms with Crippen LogP contribution in [0.1, 0.15) is 29.6 Å². The molecule has 1 amide bonds. The van der Waals surface area contributed by atoms with E-state index in [1.807, 2.05) is 50.3 Å². The number of aliphatic hydroxyl groups is 1. The quantitative estimate of drug-likeness (QED) is 0.766. The monoisotopic (exact) mass is 264 g/mol.